The van der Waals surface area contributed by atoms with E-state index in [0.29, 0.717) is 36.0 Å². The number of aromatic nitrogens is 3. The monoisotopic (exact) mass is 425 g/mol. The Morgan fingerprint density at radius 3 is 2.69 bits per heavy atom. The summed E-state index contributed by atoms with van der Waals surface area (Å²) in [5.41, 5.74) is 6.15. The number of hydrogen-bond donors (Lipinski definition) is 1. The molecule has 32 heavy (non-hydrogen) atoms. The van der Waals surface area contributed by atoms with Gasteiger partial charge in [-0.15, -0.1) is 0 Å². The number of pyridine rings is 1. The molecule has 1 aliphatic rings. The Morgan fingerprint density at radius 2 is 1.88 bits per heavy atom. The minimum atomic E-state index is -0.342. The van der Waals surface area contributed by atoms with Crippen LogP contribution in [0.25, 0.3) is 16.9 Å². The van der Waals surface area contributed by atoms with Gasteiger partial charge in [-0.1, -0.05) is 18.2 Å². The van der Waals surface area contributed by atoms with Crippen molar-refractivity contribution in [1.82, 2.24) is 20.2 Å². The van der Waals surface area contributed by atoms with E-state index in [1.54, 1.807) is 29.2 Å². The first kappa shape index (κ1) is 19.5. The first-order chi connectivity index (χ1) is 15.8. The molecule has 1 N–H and O–H groups in total. The highest BCUT2D eigenvalue weighted by atomic mass is 16.6. The summed E-state index contributed by atoms with van der Waals surface area (Å²) in [4.78, 5) is 16.2. The van der Waals surface area contributed by atoms with Gasteiger partial charge < -0.3 is 9.47 Å². The maximum absolute atomic E-state index is 12.3. The molecule has 1 amide bonds. The zero-order chi connectivity index (χ0) is 21.8. The van der Waals surface area contributed by atoms with Crippen molar-refractivity contribution in [2.24, 2.45) is 5.10 Å². The molecule has 5 rings (SSSR count). The summed E-state index contributed by atoms with van der Waals surface area (Å²) in [6.45, 7) is 1.03. The molecule has 2 aromatic carbocycles. The van der Waals surface area contributed by atoms with Crippen LogP contribution in [0.1, 0.15) is 15.9 Å². The fourth-order valence-electron chi connectivity index (χ4n) is 3.33. The molecule has 0 saturated heterocycles. The number of fused-ring (bicyclic) bond motifs is 1. The van der Waals surface area contributed by atoms with E-state index >= 15 is 0 Å². The molecule has 8 heteroatoms. The molecule has 2 aromatic heterocycles. The Hall–Kier alpha value is -4.46. The van der Waals surface area contributed by atoms with E-state index in [-0.39, 0.29) is 5.91 Å². The lowest BCUT2D eigenvalue weighted by atomic mass is 10.1. The summed E-state index contributed by atoms with van der Waals surface area (Å²) >= 11 is 0. The second-order valence-electron chi connectivity index (χ2n) is 7.01. The second kappa shape index (κ2) is 8.73. The van der Waals surface area contributed by atoms with Crippen molar-refractivity contribution in [2.45, 2.75) is 0 Å². The average Bonchev–Trinajstić information content (AvgIpc) is 3.29. The van der Waals surface area contributed by atoms with Crippen LogP contribution >= 0.6 is 0 Å². The van der Waals surface area contributed by atoms with E-state index in [2.05, 4.69) is 15.5 Å². The van der Waals surface area contributed by atoms with Crippen LogP contribution in [0.2, 0.25) is 0 Å². The maximum atomic E-state index is 12.3. The standard InChI is InChI=1S/C24H19N5O3/c30-24(18-5-4-10-25-14-18)27-26-15-19-16-29(20-6-2-1-3-7-20)28-23(19)17-8-9-21-22(13-17)32-12-11-31-21/h1-10,13-16H,11-12H2,(H,27,30). The van der Waals surface area contributed by atoms with Crippen LogP contribution in [-0.2, 0) is 0 Å². The van der Waals surface area contributed by atoms with Gasteiger partial charge in [-0.2, -0.15) is 10.2 Å². The van der Waals surface area contributed by atoms with Gasteiger partial charge in [0.25, 0.3) is 5.91 Å². The Balaban J connectivity index is 1.48. The summed E-state index contributed by atoms with van der Waals surface area (Å²) < 4.78 is 13.1. The number of ether oxygens (including phenoxy) is 2. The van der Waals surface area contributed by atoms with Crippen molar-refractivity contribution in [1.29, 1.82) is 0 Å². The lowest BCUT2D eigenvalue weighted by Crippen LogP contribution is -2.17. The normalized spacial score (nSPS) is 12.6. The van der Waals surface area contributed by atoms with E-state index in [4.69, 9.17) is 14.6 Å². The van der Waals surface area contributed by atoms with Crippen molar-refractivity contribution in [3.63, 3.8) is 0 Å². The van der Waals surface area contributed by atoms with Crippen LogP contribution in [0.5, 0.6) is 11.5 Å². The van der Waals surface area contributed by atoms with E-state index in [0.717, 1.165) is 16.8 Å². The lowest BCUT2D eigenvalue weighted by molar-refractivity contribution is 0.0955. The third-order valence-electron chi connectivity index (χ3n) is 4.87. The van der Waals surface area contributed by atoms with Crippen molar-refractivity contribution in [3.05, 3.63) is 90.4 Å². The molecule has 0 saturated carbocycles. The first-order valence-corrected chi connectivity index (χ1v) is 10.1. The molecule has 1 aliphatic heterocycles. The molecule has 0 bridgehead atoms. The number of carbonyl (C=O) groups is 1. The quantitative estimate of drug-likeness (QED) is 0.391. The molecule has 0 radical (unpaired) electrons. The minimum Gasteiger partial charge on any atom is -0.486 e. The number of rotatable bonds is 5. The predicted molar refractivity (Wildman–Crippen MR) is 119 cm³/mol. The summed E-state index contributed by atoms with van der Waals surface area (Å²) in [5.74, 6) is 1.04. The zero-order valence-electron chi connectivity index (χ0n) is 17.0. The second-order valence-corrected chi connectivity index (χ2v) is 7.01. The lowest BCUT2D eigenvalue weighted by Gasteiger charge is -2.18. The van der Waals surface area contributed by atoms with Crippen molar-refractivity contribution in [3.8, 4) is 28.4 Å². The molecule has 0 unspecified atom stereocenters. The van der Waals surface area contributed by atoms with Gasteiger partial charge in [0.1, 0.15) is 18.9 Å². The molecule has 0 aliphatic carbocycles. The molecule has 158 valence electrons. The molecule has 0 spiro atoms. The summed E-state index contributed by atoms with van der Waals surface area (Å²) in [5, 5.41) is 8.90. The molecule has 4 aromatic rings. The Kier molecular flexibility index (Phi) is 5.32. The Bertz CT molecular complexity index is 1270. The van der Waals surface area contributed by atoms with Gasteiger partial charge in [0.15, 0.2) is 11.5 Å². The van der Waals surface area contributed by atoms with Crippen LogP contribution in [0, 0.1) is 0 Å². The van der Waals surface area contributed by atoms with Crippen LogP contribution in [0.15, 0.2) is 84.4 Å². The van der Waals surface area contributed by atoms with Gasteiger partial charge in [0, 0.05) is 29.7 Å². The fraction of sp³-hybridized carbons (Fsp3) is 0.0833. The SMILES string of the molecule is O=C(NN=Cc1cn(-c2ccccc2)nc1-c1ccc2c(c1)OCCO2)c1cccnc1. The van der Waals surface area contributed by atoms with Crippen LogP contribution in [0.4, 0.5) is 0 Å². The van der Waals surface area contributed by atoms with E-state index in [9.17, 15) is 4.79 Å². The molecule has 8 nitrogen and oxygen atoms in total. The van der Waals surface area contributed by atoms with Gasteiger partial charge in [-0.25, -0.2) is 10.1 Å². The smallest absolute Gasteiger partial charge is 0.272 e. The van der Waals surface area contributed by atoms with Crippen LogP contribution < -0.4 is 14.9 Å². The van der Waals surface area contributed by atoms with Gasteiger partial charge in [0.05, 0.1) is 17.5 Å². The van der Waals surface area contributed by atoms with Crippen molar-refractivity contribution >= 4 is 12.1 Å². The number of hydrazone groups is 1. The fourth-order valence-corrected chi connectivity index (χ4v) is 3.33. The number of nitrogens with one attached hydrogen (secondary N) is 1. The summed E-state index contributed by atoms with van der Waals surface area (Å²) in [6.07, 6.45) is 6.53. The van der Waals surface area contributed by atoms with Gasteiger partial charge in [0.2, 0.25) is 0 Å². The Morgan fingerprint density at radius 1 is 1.03 bits per heavy atom. The number of nitrogens with zero attached hydrogens (tertiary/aromatic N) is 4. The molecule has 0 atom stereocenters. The Labute approximate surface area is 184 Å². The number of amides is 1. The molecular formula is C24H19N5O3. The molecule has 0 fully saturated rings. The highest BCUT2D eigenvalue weighted by molar-refractivity contribution is 5.95. The highest BCUT2D eigenvalue weighted by Gasteiger charge is 2.16. The summed E-state index contributed by atoms with van der Waals surface area (Å²) in [6, 6.07) is 18.8. The van der Waals surface area contributed by atoms with E-state index in [1.165, 1.54) is 6.20 Å². The van der Waals surface area contributed by atoms with Gasteiger partial charge in [-0.05, 0) is 42.5 Å². The van der Waals surface area contributed by atoms with Crippen LogP contribution in [0.3, 0.4) is 0 Å². The van der Waals surface area contributed by atoms with E-state index < -0.39 is 0 Å². The van der Waals surface area contributed by atoms with E-state index in [1.807, 2.05) is 54.7 Å². The third-order valence-corrected chi connectivity index (χ3v) is 4.87. The highest BCUT2D eigenvalue weighted by Crippen LogP contribution is 2.35. The van der Waals surface area contributed by atoms with Crippen molar-refractivity contribution < 1.29 is 14.3 Å². The van der Waals surface area contributed by atoms with Gasteiger partial charge in [-0.3, -0.25) is 9.78 Å². The minimum absolute atomic E-state index is 0.342. The number of hydrogen-bond acceptors (Lipinski definition) is 6. The maximum Gasteiger partial charge on any atom is 0.272 e. The molecular weight excluding hydrogens is 406 g/mol. The molecule has 3 heterocycles. The number of carbonyl (C=O) groups excluding carboxylic acids is 1. The zero-order valence-corrected chi connectivity index (χ0v) is 17.0. The predicted octanol–water partition coefficient (Wildman–Crippen LogP) is 3.47. The number of benzene rings is 2. The summed E-state index contributed by atoms with van der Waals surface area (Å²) in [7, 11) is 0. The third kappa shape index (κ3) is 4.06. The average molecular weight is 425 g/mol. The first-order valence-electron chi connectivity index (χ1n) is 10.1. The number of para-hydroxylation sites is 1. The van der Waals surface area contributed by atoms with Crippen molar-refractivity contribution in [2.75, 3.05) is 13.2 Å². The van der Waals surface area contributed by atoms with Gasteiger partial charge >= 0.3 is 0 Å². The van der Waals surface area contributed by atoms with Crippen LogP contribution in [-0.4, -0.2) is 40.1 Å². The topological polar surface area (TPSA) is 90.6 Å². The largest absolute Gasteiger partial charge is 0.486 e.